The second kappa shape index (κ2) is 10.2. The highest BCUT2D eigenvalue weighted by molar-refractivity contribution is 5.84. The molecule has 0 N–H and O–H groups in total. The van der Waals surface area contributed by atoms with E-state index in [1.807, 2.05) is 6.92 Å². The monoisotopic (exact) mass is 359 g/mol. The molecule has 1 atom stereocenters. The van der Waals surface area contributed by atoms with Gasteiger partial charge in [0.15, 0.2) is 0 Å². The van der Waals surface area contributed by atoms with Gasteiger partial charge in [-0.2, -0.15) is 0 Å². The maximum absolute atomic E-state index is 12.9. The van der Waals surface area contributed by atoms with Crippen molar-refractivity contribution >= 4 is 12.0 Å². The van der Waals surface area contributed by atoms with E-state index in [-0.39, 0.29) is 12.6 Å². The largest absolute Gasteiger partial charge is 0.467 e. The number of rotatable bonds is 10. The molecule has 2 aromatic rings. The molecular formula is C19H25N3O4. The first-order valence-corrected chi connectivity index (χ1v) is 8.76. The molecule has 0 spiro atoms. The Balaban J connectivity index is 2.18. The third kappa shape index (κ3) is 5.34. The number of carbonyl (C=O) groups is 2. The van der Waals surface area contributed by atoms with Crippen LogP contribution in [-0.4, -0.2) is 39.1 Å². The lowest BCUT2D eigenvalue weighted by atomic mass is 10.1. The van der Waals surface area contributed by atoms with Gasteiger partial charge in [-0.15, -0.1) is 6.58 Å². The van der Waals surface area contributed by atoms with E-state index in [0.717, 1.165) is 12.8 Å². The molecule has 0 bridgehead atoms. The first-order chi connectivity index (χ1) is 12.7. The molecule has 0 radical (unpaired) electrons. The minimum absolute atomic E-state index is 0.177. The molecule has 0 aromatic carbocycles. The van der Waals surface area contributed by atoms with Crippen molar-refractivity contribution < 1.29 is 18.7 Å². The summed E-state index contributed by atoms with van der Waals surface area (Å²) in [7, 11) is 0. The summed E-state index contributed by atoms with van der Waals surface area (Å²) >= 11 is 0. The summed E-state index contributed by atoms with van der Waals surface area (Å²) in [5, 5.41) is 0. The van der Waals surface area contributed by atoms with Crippen molar-refractivity contribution in [3.8, 4) is 0 Å². The Hall–Kier alpha value is -2.83. The van der Waals surface area contributed by atoms with Crippen LogP contribution in [-0.2, 0) is 16.1 Å². The number of hydrogen-bond donors (Lipinski definition) is 0. The van der Waals surface area contributed by atoms with Crippen LogP contribution in [0.1, 0.15) is 38.4 Å². The first kappa shape index (κ1) is 19.5. The molecule has 0 fully saturated rings. The molecule has 2 aromatic heterocycles. The summed E-state index contributed by atoms with van der Waals surface area (Å²) in [6, 6.07) is 2.48. The van der Waals surface area contributed by atoms with E-state index >= 15 is 0 Å². The molecule has 0 saturated heterocycles. The zero-order chi connectivity index (χ0) is 18.8. The molecule has 0 aliphatic rings. The highest BCUT2D eigenvalue weighted by Gasteiger charge is 2.32. The lowest BCUT2D eigenvalue weighted by Gasteiger charge is -2.29. The van der Waals surface area contributed by atoms with Crippen molar-refractivity contribution in [1.29, 1.82) is 0 Å². The number of aromatic nitrogens is 2. The Kier molecular flexibility index (Phi) is 7.67. The van der Waals surface area contributed by atoms with E-state index in [1.54, 1.807) is 24.4 Å². The average Bonchev–Trinajstić information content (AvgIpc) is 3.34. The van der Waals surface area contributed by atoms with Crippen molar-refractivity contribution in [2.24, 2.45) is 0 Å². The number of allylic oxidation sites excluding steroid dienone is 1. The Morgan fingerprint density at radius 1 is 1.50 bits per heavy atom. The van der Waals surface area contributed by atoms with E-state index in [4.69, 9.17) is 9.15 Å². The van der Waals surface area contributed by atoms with Crippen molar-refractivity contribution in [2.75, 3.05) is 6.61 Å². The number of unbranched alkanes of at least 4 members (excludes halogenated alkanes) is 1. The molecule has 0 aliphatic carbocycles. The van der Waals surface area contributed by atoms with Crippen molar-refractivity contribution in [1.82, 2.24) is 14.5 Å². The van der Waals surface area contributed by atoms with Gasteiger partial charge in [-0.05, 0) is 31.4 Å². The van der Waals surface area contributed by atoms with Gasteiger partial charge in [0.05, 0.1) is 19.4 Å². The summed E-state index contributed by atoms with van der Waals surface area (Å²) in [5.74, 6) is 0.190. The Morgan fingerprint density at radius 3 is 2.96 bits per heavy atom. The van der Waals surface area contributed by atoms with Crippen LogP contribution < -0.4 is 0 Å². The minimum atomic E-state index is -0.691. The summed E-state index contributed by atoms with van der Waals surface area (Å²) in [5.41, 5.74) is 0. The van der Waals surface area contributed by atoms with Crippen LogP contribution in [0.3, 0.4) is 0 Å². The van der Waals surface area contributed by atoms with Crippen LogP contribution in [0.2, 0.25) is 0 Å². The topological polar surface area (TPSA) is 77.6 Å². The number of nitrogens with zero attached hydrogens (tertiary/aromatic N) is 3. The fourth-order valence-corrected chi connectivity index (χ4v) is 2.57. The number of amides is 1. The van der Waals surface area contributed by atoms with E-state index in [9.17, 15) is 9.59 Å². The molecule has 0 saturated carbocycles. The number of esters is 1. The van der Waals surface area contributed by atoms with Gasteiger partial charge in [-0.25, -0.2) is 14.6 Å². The number of ether oxygens (including phenoxy) is 1. The zero-order valence-electron chi connectivity index (χ0n) is 15.0. The van der Waals surface area contributed by atoms with Gasteiger partial charge in [0.1, 0.15) is 18.1 Å². The van der Waals surface area contributed by atoms with Gasteiger partial charge >= 0.3 is 12.0 Å². The molecule has 7 heteroatoms. The van der Waals surface area contributed by atoms with Crippen LogP contribution in [0.15, 0.2) is 54.2 Å². The van der Waals surface area contributed by atoms with Gasteiger partial charge in [-0.1, -0.05) is 19.4 Å². The first-order valence-electron chi connectivity index (χ1n) is 8.76. The fourth-order valence-electron chi connectivity index (χ4n) is 2.57. The van der Waals surface area contributed by atoms with Crippen LogP contribution >= 0.6 is 0 Å². The normalized spacial score (nSPS) is 11.7. The molecule has 0 unspecified atom stereocenters. The van der Waals surface area contributed by atoms with Crippen LogP contribution in [0.5, 0.6) is 0 Å². The lowest BCUT2D eigenvalue weighted by Crippen LogP contribution is -2.47. The molecule has 0 aliphatic heterocycles. The summed E-state index contributed by atoms with van der Waals surface area (Å²) < 4.78 is 12.1. The summed E-state index contributed by atoms with van der Waals surface area (Å²) in [6.45, 7) is 6.10. The highest BCUT2D eigenvalue weighted by atomic mass is 16.5. The van der Waals surface area contributed by atoms with Crippen molar-refractivity contribution in [3.05, 3.63) is 55.5 Å². The number of hydrogen-bond acceptors (Lipinski definition) is 5. The number of furan rings is 1. The van der Waals surface area contributed by atoms with Crippen molar-refractivity contribution in [2.45, 2.75) is 45.2 Å². The molecule has 7 nitrogen and oxygen atoms in total. The van der Waals surface area contributed by atoms with Crippen LogP contribution in [0.4, 0.5) is 4.79 Å². The predicted octanol–water partition coefficient (Wildman–Crippen LogP) is 3.62. The molecule has 2 heterocycles. The number of carbonyl (C=O) groups excluding carboxylic acids is 2. The zero-order valence-corrected chi connectivity index (χ0v) is 15.0. The average molecular weight is 359 g/mol. The van der Waals surface area contributed by atoms with E-state index in [0.29, 0.717) is 25.2 Å². The molecular weight excluding hydrogens is 334 g/mol. The maximum Gasteiger partial charge on any atom is 0.330 e. The molecule has 140 valence electrons. The van der Waals surface area contributed by atoms with Crippen LogP contribution in [0.25, 0.3) is 0 Å². The SMILES string of the molecule is C=CCCCOC(=O)[C@H](CCC)N(Cc1ccco1)C(=O)n1ccnc1. The third-order valence-corrected chi connectivity index (χ3v) is 3.88. The predicted molar refractivity (Wildman–Crippen MR) is 96.4 cm³/mol. The number of imidazole rings is 1. The lowest BCUT2D eigenvalue weighted by molar-refractivity contribution is -0.149. The van der Waals surface area contributed by atoms with Crippen LogP contribution in [0, 0.1) is 0 Å². The standard InChI is InChI=1S/C19H25N3O4/c1-3-5-6-12-26-18(23)17(8-4-2)22(14-16-9-7-13-25-16)19(24)21-11-10-20-15-21/h3,7,9-11,13,15,17H,1,4-6,8,12,14H2,2H3/t17-/m0/s1. The summed E-state index contributed by atoms with van der Waals surface area (Å²) in [4.78, 5) is 30.9. The third-order valence-electron chi connectivity index (χ3n) is 3.88. The van der Waals surface area contributed by atoms with Gasteiger partial charge < -0.3 is 14.1 Å². The summed E-state index contributed by atoms with van der Waals surface area (Å²) in [6.07, 6.45) is 10.5. The second-order valence-corrected chi connectivity index (χ2v) is 5.86. The maximum atomic E-state index is 12.9. The van der Waals surface area contributed by atoms with E-state index in [2.05, 4.69) is 11.6 Å². The van der Waals surface area contributed by atoms with Gasteiger partial charge in [0, 0.05) is 12.4 Å². The van der Waals surface area contributed by atoms with Gasteiger partial charge in [0.25, 0.3) is 0 Å². The molecule has 1 amide bonds. The smallest absolute Gasteiger partial charge is 0.330 e. The van der Waals surface area contributed by atoms with E-state index < -0.39 is 12.0 Å². The van der Waals surface area contributed by atoms with Gasteiger partial charge in [-0.3, -0.25) is 4.57 Å². The Morgan fingerprint density at radius 2 is 2.35 bits per heavy atom. The highest BCUT2D eigenvalue weighted by Crippen LogP contribution is 2.17. The van der Waals surface area contributed by atoms with E-state index in [1.165, 1.54) is 28.3 Å². The molecule has 26 heavy (non-hydrogen) atoms. The van der Waals surface area contributed by atoms with Crippen molar-refractivity contribution in [3.63, 3.8) is 0 Å². The Labute approximate surface area is 153 Å². The minimum Gasteiger partial charge on any atom is -0.467 e. The quantitative estimate of drug-likeness (QED) is 0.368. The molecule has 2 rings (SSSR count). The Bertz CT molecular complexity index is 680. The fraction of sp³-hybridized carbons (Fsp3) is 0.421. The second-order valence-electron chi connectivity index (χ2n) is 5.86. The van der Waals surface area contributed by atoms with Gasteiger partial charge in [0.2, 0.25) is 0 Å².